The molecule has 0 aliphatic carbocycles. The normalized spacial score (nSPS) is 34.5. The Bertz CT molecular complexity index is 1220. The number of ether oxygens (including phenoxy) is 4. The maximum absolute atomic E-state index is 14.1. The number of benzene rings is 1. The number of amidine groups is 2. The Hall–Kier alpha value is -1.82. The van der Waals surface area contributed by atoms with Crippen molar-refractivity contribution in [3.05, 3.63) is 29.8 Å². The van der Waals surface area contributed by atoms with Gasteiger partial charge in [-0.1, -0.05) is 42.6 Å². The molecule has 0 bridgehead atoms. The fourth-order valence-electron chi connectivity index (χ4n) is 5.43. The maximum atomic E-state index is 14.1. The van der Waals surface area contributed by atoms with E-state index in [2.05, 4.69) is 9.98 Å². The van der Waals surface area contributed by atoms with Crippen LogP contribution in [-0.4, -0.2) is 131 Å². The van der Waals surface area contributed by atoms with Gasteiger partial charge in [-0.25, -0.2) is 17.6 Å². The Morgan fingerprint density at radius 2 is 1.31 bits per heavy atom. The van der Waals surface area contributed by atoms with Crippen molar-refractivity contribution in [2.75, 3.05) is 35.3 Å². The van der Waals surface area contributed by atoms with E-state index < -0.39 is 65.2 Å². The lowest BCUT2D eigenvalue weighted by molar-refractivity contribution is -0.226. The SMILES string of the molecule is CN(C)C1=N[C@@H]2[C@@H](O)[C@H](O)[C@@H](C(C)(F)F)O[C@@H]2S1.COc1ccc(CO[C@H]2[C@H](C)[C@@H](C(C)(F)F)O[C@@H]3SC(N(C)C)=N[C@H]23)cc1. The standard InChI is InChI=1S/C19H26F2N2O3S.C10H16F2N2O3S/c1-11-15(25-10-12-6-8-13(24-5)9-7-12)14-17(26-16(11)19(2,20)21)27-18(22-14)23(3)4;1-10(11,12)7-6(16)5(15)4-8(17-7)18-9(13-4)14(2)3/h6-9,11,14-17H,10H2,1-5H3;4-8,15-16H,1-3H3/t11-,14+,15-,16-,17+;4-,5-,6+,7+,8-/m01/s1. The van der Waals surface area contributed by atoms with Crippen LogP contribution in [0.2, 0.25) is 0 Å². The van der Waals surface area contributed by atoms with Crippen molar-refractivity contribution in [3.8, 4) is 5.75 Å². The van der Waals surface area contributed by atoms with Gasteiger partial charge in [0.2, 0.25) is 0 Å². The number of alkyl halides is 4. The van der Waals surface area contributed by atoms with Gasteiger partial charge in [0.1, 0.15) is 47.0 Å². The van der Waals surface area contributed by atoms with Crippen molar-refractivity contribution >= 4 is 33.9 Å². The van der Waals surface area contributed by atoms with Gasteiger partial charge in [-0.15, -0.1) is 0 Å². The van der Waals surface area contributed by atoms with Crippen LogP contribution >= 0.6 is 23.5 Å². The van der Waals surface area contributed by atoms with E-state index >= 15 is 0 Å². The average Bonchev–Trinajstić information content (AvgIpc) is 3.59. The summed E-state index contributed by atoms with van der Waals surface area (Å²) in [6.45, 7) is 3.65. The molecule has 16 heteroatoms. The molecule has 0 saturated carbocycles. The molecule has 0 aromatic heterocycles. The predicted octanol–water partition coefficient (Wildman–Crippen LogP) is 3.75. The van der Waals surface area contributed by atoms with Gasteiger partial charge in [0.15, 0.2) is 16.4 Å². The molecular formula is C29H42F4N4O6S2. The van der Waals surface area contributed by atoms with Gasteiger partial charge in [-0.05, 0) is 17.7 Å². The third-order valence-electron chi connectivity index (χ3n) is 7.79. The van der Waals surface area contributed by atoms with Gasteiger partial charge in [-0.2, -0.15) is 0 Å². The van der Waals surface area contributed by atoms with E-state index in [1.165, 1.54) is 23.5 Å². The Morgan fingerprint density at radius 1 is 0.822 bits per heavy atom. The highest BCUT2D eigenvalue weighted by molar-refractivity contribution is 8.14. The summed E-state index contributed by atoms with van der Waals surface area (Å²) in [5.74, 6) is -5.90. The molecule has 4 heterocycles. The molecule has 2 saturated heterocycles. The molecule has 254 valence electrons. The number of fused-ring (bicyclic) bond motifs is 2. The smallest absolute Gasteiger partial charge is 0.273 e. The first-order valence-electron chi connectivity index (χ1n) is 14.4. The summed E-state index contributed by atoms with van der Waals surface area (Å²) >= 11 is 2.56. The van der Waals surface area contributed by atoms with Crippen molar-refractivity contribution < 1.29 is 46.7 Å². The van der Waals surface area contributed by atoms with E-state index in [9.17, 15) is 27.8 Å². The van der Waals surface area contributed by atoms with Crippen LogP contribution in [0.15, 0.2) is 34.3 Å². The summed E-state index contributed by atoms with van der Waals surface area (Å²) in [4.78, 5) is 12.5. The van der Waals surface area contributed by atoms with Gasteiger partial charge in [0, 0.05) is 48.0 Å². The van der Waals surface area contributed by atoms with Gasteiger partial charge < -0.3 is 39.0 Å². The molecule has 10 nitrogen and oxygen atoms in total. The van der Waals surface area contributed by atoms with Crippen LogP contribution in [-0.2, 0) is 20.8 Å². The average molecular weight is 683 g/mol. The first kappa shape index (κ1) is 36.0. The number of aliphatic hydroxyl groups is 2. The van der Waals surface area contributed by atoms with Crippen LogP contribution in [0.5, 0.6) is 5.75 Å². The number of hydrogen-bond donors (Lipinski definition) is 2. The zero-order valence-corrected chi connectivity index (χ0v) is 28.1. The van der Waals surface area contributed by atoms with E-state index in [0.717, 1.165) is 23.4 Å². The summed E-state index contributed by atoms with van der Waals surface area (Å²) in [5.41, 5.74) is -0.194. The summed E-state index contributed by atoms with van der Waals surface area (Å²) in [6, 6.07) is 6.51. The molecule has 1 aromatic carbocycles. The lowest BCUT2D eigenvalue weighted by Gasteiger charge is -2.43. The molecule has 0 amide bonds. The minimum atomic E-state index is -3.22. The van der Waals surface area contributed by atoms with Crippen molar-refractivity contribution in [1.29, 1.82) is 0 Å². The minimum absolute atomic E-state index is 0.306. The summed E-state index contributed by atoms with van der Waals surface area (Å²) in [6.07, 6.45) is -6.35. The topological polar surface area (TPSA) is 109 Å². The van der Waals surface area contributed by atoms with Crippen LogP contribution in [0.3, 0.4) is 0 Å². The third-order valence-corrected chi connectivity index (χ3v) is 10.4. The molecule has 4 aliphatic heterocycles. The Balaban J connectivity index is 0.000000222. The quantitative estimate of drug-likeness (QED) is 0.431. The van der Waals surface area contributed by atoms with Crippen LogP contribution < -0.4 is 4.74 Å². The Kier molecular flexibility index (Phi) is 11.3. The Labute approximate surface area is 269 Å². The molecule has 10 atom stereocenters. The highest BCUT2D eigenvalue weighted by Gasteiger charge is 2.56. The second-order valence-electron chi connectivity index (χ2n) is 12.1. The first-order valence-corrected chi connectivity index (χ1v) is 16.2. The Morgan fingerprint density at radius 3 is 1.80 bits per heavy atom. The lowest BCUT2D eigenvalue weighted by atomic mass is 9.87. The summed E-state index contributed by atoms with van der Waals surface area (Å²) in [7, 11) is 8.89. The van der Waals surface area contributed by atoms with Crippen LogP contribution in [0.1, 0.15) is 26.3 Å². The lowest BCUT2D eigenvalue weighted by Crippen LogP contribution is -2.59. The molecule has 45 heavy (non-hydrogen) atoms. The molecular weight excluding hydrogens is 640 g/mol. The van der Waals surface area contributed by atoms with E-state index in [-0.39, 0.29) is 6.04 Å². The van der Waals surface area contributed by atoms with Gasteiger partial charge in [0.05, 0.1) is 19.8 Å². The fraction of sp³-hybridized carbons (Fsp3) is 0.724. The van der Waals surface area contributed by atoms with Gasteiger partial charge >= 0.3 is 0 Å². The molecule has 4 aliphatic rings. The molecule has 2 fully saturated rings. The number of thioether (sulfide) groups is 2. The minimum Gasteiger partial charge on any atom is -0.497 e. The van der Waals surface area contributed by atoms with Crippen LogP contribution in [0, 0.1) is 5.92 Å². The van der Waals surface area contributed by atoms with Crippen LogP contribution in [0.25, 0.3) is 0 Å². The van der Waals surface area contributed by atoms with E-state index in [1.54, 1.807) is 33.0 Å². The van der Waals surface area contributed by atoms with Crippen molar-refractivity contribution in [1.82, 2.24) is 9.80 Å². The first-order chi connectivity index (χ1) is 20.9. The number of rotatable bonds is 6. The zero-order chi connectivity index (χ0) is 33.4. The predicted molar refractivity (Wildman–Crippen MR) is 166 cm³/mol. The number of aliphatic hydroxyl groups excluding tert-OH is 2. The second kappa shape index (κ2) is 14.1. The molecule has 5 rings (SSSR count). The summed E-state index contributed by atoms with van der Waals surface area (Å²) < 4.78 is 77.1. The van der Waals surface area contributed by atoms with E-state index in [4.69, 9.17) is 18.9 Å². The highest BCUT2D eigenvalue weighted by Crippen LogP contribution is 2.45. The molecule has 2 N–H and O–H groups in total. The summed E-state index contributed by atoms with van der Waals surface area (Å²) in [5, 5.41) is 20.9. The number of hydrogen-bond acceptors (Lipinski definition) is 12. The van der Waals surface area contributed by atoms with Gasteiger partial charge in [0.25, 0.3) is 11.8 Å². The molecule has 0 spiro atoms. The van der Waals surface area contributed by atoms with Crippen LogP contribution in [0.4, 0.5) is 17.6 Å². The third kappa shape index (κ3) is 8.19. The molecule has 0 unspecified atom stereocenters. The second-order valence-corrected chi connectivity index (χ2v) is 14.2. The number of nitrogens with zero attached hydrogens (tertiary/aromatic N) is 4. The van der Waals surface area contributed by atoms with E-state index in [1.807, 2.05) is 43.3 Å². The fourth-order valence-corrected chi connectivity index (χ4v) is 7.70. The maximum Gasteiger partial charge on any atom is 0.273 e. The monoisotopic (exact) mass is 682 g/mol. The largest absolute Gasteiger partial charge is 0.497 e. The van der Waals surface area contributed by atoms with Crippen molar-refractivity contribution in [2.24, 2.45) is 15.9 Å². The molecule has 0 radical (unpaired) electrons. The highest BCUT2D eigenvalue weighted by atomic mass is 32.2. The molecule has 1 aromatic rings. The number of methoxy groups -OCH3 is 1. The van der Waals surface area contributed by atoms with E-state index in [0.29, 0.717) is 18.7 Å². The number of halogens is 4. The zero-order valence-electron chi connectivity index (χ0n) is 26.4. The van der Waals surface area contributed by atoms with Crippen molar-refractivity contribution in [2.45, 2.75) is 92.7 Å². The number of aliphatic imine (C=N–C) groups is 2. The van der Waals surface area contributed by atoms with Gasteiger partial charge in [-0.3, -0.25) is 9.98 Å². The van der Waals surface area contributed by atoms with Crippen molar-refractivity contribution in [3.63, 3.8) is 0 Å².